The van der Waals surface area contributed by atoms with Gasteiger partial charge < -0.3 is 5.73 Å². The molecule has 2 N–H and O–H groups in total. The van der Waals surface area contributed by atoms with Crippen LogP contribution in [0.2, 0.25) is 0 Å². The van der Waals surface area contributed by atoms with Gasteiger partial charge in [-0.05, 0) is 12.5 Å². The number of hydrogen-bond donors (Lipinski definition) is 1. The van der Waals surface area contributed by atoms with Gasteiger partial charge in [-0.1, -0.05) is 30.3 Å². The van der Waals surface area contributed by atoms with Gasteiger partial charge in [-0.2, -0.15) is 0 Å². The highest BCUT2D eigenvalue weighted by molar-refractivity contribution is 7.90. The smallest absolute Gasteiger partial charge is 0.157 e. The number of carbonyl (C=O) groups is 1. The van der Waals surface area contributed by atoms with Gasteiger partial charge in [-0.25, -0.2) is 8.42 Å². The van der Waals surface area contributed by atoms with Crippen molar-refractivity contribution in [2.45, 2.75) is 18.9 Å². The van der Waals surface area contributed by atoms with Crippen molar-refractivity contribution in [3.8, 4) is 0 Å². The van der Waals surface area contributed by atoms with Crippen molar-refractivity contribution in [3.05, 3.63) is 35.9 Å². The lowest BCUT2D eigenvalue weighted by Crippen LogP contribution is -2.42. The van der Waals surface area contributed by atoms with Crippen molar-refractivity contribution in [3.63, 3.8) is 0 Å². The lowest BCUT2D eigenvalue weighted by atomic mass is 9.87. The van der Waals surface area contributed by atoms with Gasteiger partial charge in [0.05, 0.1) is 11.3 Å². The van der Waals surface area contributed by atoms with E-state index in [-0.39, 0.29) is 18.0 Å². The summed E-state index contributed by atoms with van der Waals surface area (Å²) in [5.74, 6) is -0.431. The highest BCUT2D eigenvalue weighted by atomic mass is 32.2. The third-order valence-corrected chi connectivity index (χ3v) is 3.60. The largest absolute Gasteiger partial charge is 0.315 e. The number of benzene rings is 1. The highest BCUT2D eigenvalue weighted by Gasteiger charge is 2.30. The molecule has 0 aliphatic carbocycles. The summed E-state index contributed by atoms with van der Waals surface area (Å²) in [6.45, 7) is 1.60. The van der Waals surface area contributed by atoms with Gasteiger partial charge in [0.1, 0.15) is 9.84 Å². The monoisotopic (exact) mass is 255 g/mol. The first-order chi connectivity index (χ1) is 7.73. The molecule has 17 heavy (non-hydrogen) atoms. The molecule has 0 saturated carbocycles. The van der Waals surface area contributed by atoms with E-state index in [1.807, 2.05) is 6.07 Å². The summed E-state index contributed by atoms with van der Waals surface area (Å²) in [4.78, 5) is 11.9. The van der Waals surface area contributed by atoms with Crippen LogP contribution in [0.25, 0.3) is 0 Å². The van der Waals surface area contributed by atoms with E-state index >= 15 is 0 Å². The first-order valence-electron chi connectivity index (χ1n) is 5.29. The number of ketones is 1. The Morgan fingerprint density at radius 1 is 1.29 bits per heavy atom. The Hall–Kier alpha value is -1.20. The predicted molar refractivity (Wildman–Crippen MR) is 67.3 cm³/mol. The van der Waals surface area contributed by atoms with Crippen LogP contribution >= 0.6 is 0 Å². The van der Waals surface area contributed by atoms with Crippen molar-refractivity contribution in [2.24, 2.45) is 5.73 Å². The SMILES string of the molecule is CC(N)(C(=O)CCS(C)(=O)=O)c1ccccc1. The molecule has 4 nitrogen and oxygen atoms in total. The van der Waals surface area contributed by atoms with E-state index in [9.17, 15) is 13.2 Å². The summed E-state index contributed by atoms with van der Waals surface area (Å²) < 4.78 is 22.0. The lowest BCUT2D eigenvalue weighted by Gasteiger charge is -2.23. The molecule has 5 heteroatoms. The van der Waals surface area contributed by atoms with Gasteiger partial charge in [0.15, 0.2) is 5.78 Å². The molecule has 0 heterocycles. The van der Waals surface area contributed by atoms with Crippen LogP contribution in [0.15, 0.2) is 30.3 Å². The molecule has 0 aromatic heterocycles. The van der Waals surface area contributed by atoms with Gasteiger partial charge in [-0.15, -0.1) is 0 Å². The van der Waals surface area contributed by atoms with Crippen LogP contribution in [0.5, 0.6) is 0 Å². The minimum absolute atomic E-state index is 0.0548. The van der Waals surface area contributed by atoms with Crippen LogP contribution in [0.1, 0.15) is 18.9 Å². The van der Waals surface area contributed by atoms with Crippen LogP contribution in [0.4, 0.5) is 0 Å². The predicted octanol–water partition coefficient (Wildman–Crippen LogP) is 0.864. The van der Waals surface area contributed by atoms with Crippen LogP contribution in [0, 0.1) is 0 Å². The van der Waals surface area contributed by atoms with Crippen LogP contribution < -0.4 is 5.73 Å². The Morgan fingerprint density at radius 2 is 1.82 bits per heavy atom. The molecule has 1 rings (SSSR count). The first kappa shape index (κ1) is 13.9. The fraction of sp³-hybridized carbons (Fsp3) is 0.417. The van der Waals surface area contributed by atoms with Crippen LogP contribution in [-0.2, 0) is 20.2 Å². The van der Waals surface area contributed by atoms with E-state index in [4.69, 9.17) is 5.73 Å². The van der Waals surface area contributed by atoms with Gasteiger partial charge in [0, 0.05) is 12.7 Å². The average molecular weight is 255 g/mol. The minimum atomic E-state index is -3.14. The first-order valence-corrected chi connectivity index (χ1v) is 7.35. The molecule has 0 aliphatic rings. The van der Waals surface area contributed by atoms with Crippen LogP contribution in [0.3, 0.4) is 0 Å². The van der Waals surface area contributed by atoms with Crippen molar-refractivity contribution in [2.75, 3.05) is 12.0 Å². The van der Waals surface area contributed by atoms with Gasteiger partial charge >= 0.3 is 0 Å². The van der Waals surface area contributed by atoms with Crippen molar-refractivity contribution in [1.29, 1.82) is 0 Å². The second kappa shape index (κ2) is 4.98. The maximum absolute atomic E-state index is 11.9. The molecule has 0 bridgehead atoms. The van der Waals surface area contributed by atoms with Gasteiger partial charge in [-0.3, -0.25) is 4.79 Å². The highest BCUT2D eigenvalue weighted by Crippen LogP contribution is 2.20. The second-order valence-electron chi connectivity index (χ2n) is 4.37. The number of carbonyl (C=O) groups excluding carboxylic acids is 1. The maximum atomic E-state index is 11.9. The number of rotatable bonds is 5. The van der Waals surface area contributed by atoms with Gasteiger partial charge in [0.25, 0.3) is 0 Å². The quantitative estimate of drug-likeness (QED) is 0.846. The zero-order valence-electron chi connectivity index (χ0n) is 10.0. The molecule has 0 saturated heterocycles. The Kier molecular flexibility index (Phi) is 4.06. The van der Waals surface area contributed by atoms with Gasteiger partial charge in [0.2, 0.25) is 0 Å². The third kappa shape index (κ3) is 3.94. The maximum Gasteiger partial charge on any atom is 0.157 e. The third-order valence-electron chi connectivity index (χ3n) is 2.65. The summed E-state index contributed by atoms with van der Waals surface area (Å²) >= 11 is 0. The topological polar surface area (TPSA) is 77.2 Å². The summed E-state index contributed by atoms with van der Waals surface area (Å²) in [6.07, 6.45) is 1.05. The normalized spacial score (nSPS) is 15.2. The van der Waals surface area contributed by atoms with Crippen molar-refractivity contribution in [1.82, 2.24) is 0 Å². The fourth-order valence-electron chi connectivity index (χ4n) is 1.48. The number of hydrogen-bond acceptors (Lipinski definition) is 4. The van der Waals surface area contributed by atoms with E-state index in [0.29, 0.717) is 5.56 Å². The molecular weight excluding hydrogens is 238 g/mol. The Bertz CT molecular complexity index is 492. The number of sulfone groups is 1. The summed E-state index contributed by atoms with van der Waals surface area (Å²) in [6, 6.07) is 8.95. The standard InChI is InChI=1S/C12H17NO3S/c1-12(13,10-6-4-3-5-7-10)11(14)8-9-17(2,15)16/h3-7H,8-9,13H2,1-2H3. The Labute approximate surface area is 102 Å². The molecule has 94 valence electrons. The zero-order chi connectivity index (χ0) is 13.1. The molecule has 1 unspecified atom stereocenters. The zero-order valence-corrected chi connectivity index (χ0v) is 10.8. The second-order valence-corrected chi connectivity index (χ2v) is 6.63. The number of Topliss-reactive ketones (excluding diaryl/α,β-unsaturated/α-hetero) is 1. The van der Waals surface area contributed by atoms with Crippen molar-refractivity contribution >= 4 is 15.6 Å². The Balaban J connectivity index is 2.81. The molecule has 0 radical (unpaired) electrons. The van der Waals surface area contributed by atoms with E-state index in [0.717, 1.165) is 6.26 Å². The molecule has 0 amide bonds. The molecule has 1 aromatic carbocycles. The molecule has 0 aliphatic heterocycles. The molecular formula is C12H17NO3S. The number of nitrogens with two attached hydrogens (primary N) is 1. The molecule has 0 fully saturated rings. The van der Waals surface area contributed by atoms with E-state index < -0.39 is 15.4 Å². The Morgan fingerprint density at radius 3 is 2.29 bits per heavy atom. The molecule has 1 atom stereocenters. The fourth-order valence-corrected chi connectivity index (χ4v) is 2.04. The van der Waals surface area contributed by atoms with Crippen LogP contribution in [-0.4, -0.2) is 26.2 Å². The van der Waals surface area contributed by atoms with E-state index in [2.05, 4.69) is 0 Å². The minimum Gasteiger partial charge on any atom is -0.315 e. The average Bonchev–Trinajstić information content (AvgIpc) is 2.26. The summed E-state index contributed by atoms with van der Waals surface area (Å²) in [7, 11) is -3.14. The molecule has 1 aromatic rings. The van der Waals surface area contributed by atoms with E-state index in [1.54, 1.807) is 31.2 Å². The van der Waals surface area contributed by atoms with E-state index in [1.165, 1.54) is 0 Å². The van der Waals surface area contributed by atoms with Crippen molar-refractivity contribution < 1.29 is 13.2 Å². The molecule has 0 spiro atoms. The summed E-state index contributed by atoms with van der Waals surface area (Å²) in [5, 5.41) is 0. The lowest BCUT2D eigenvalue weighted by molar-refractivity contribution is -0.123. The summed E-state index contributed by atoms with van der Waals surface area (Å²) in [5.41, 5.74) is 5.53.